The number of nitrogens with zero attached hydrogens (tertiary/aromatic N) is 1. The summed E-state index contributed by atoms with van der Waals surface area (Å²) in [5.74, 6) is 7.06. The number of hydrogen-bond donors (Lipinski definition) is 0. The Bertz CT molecular complexity index is 559. The van der Waals surface area contributed by atoms with Gasteiger partial charge >= 0.3 is 114 Å². The van der Waals surface area contributed by atoms with Crippen LogP contribution in [0.25, 0.3) is 11.3 Å². The van der Waals surface area contributed by atoms with Crippen molar-refractivity contribution < 1.29 is 1.37 Å². The van der Waals surface area contributed by atoms with Crippen LogP contribution in [0.4, 0.5) is 0 Å². The van der Waals surface area contributed by atoms with Gasteiger partial charge in [-0.3, -0.25) is 0 Å². The number of aromatic nitrogens is 1. The molecule has 0 N–H and O–H groups in total. The molecule has 1 aromatic heterocycles. The average molecular weight is 301 g/mol. The van der Waals surface area contributed by atoms with Gasteiger partial charge in [0.1, 0.15) is 0 Å². The molecule has 0 saturated heterocycles. The van der Waals surface area contributed by atoms with Crippen LogP contribution in [0.3, 0.4) is 0 Å². The Kier molecular flexibility index (Phi) is 3.51. The Balaban J connectivity index is 2.55. The molecule has 1 unspecified atom stereocenters. The zero-order chi connectivity index (χ0) is 14.0. The second-order valence-electron chi connectivity index (χ2n) is 5.56. The minimum atomic E-state index is -1.96. The van der Waals surface area contributed by atoms with Crippen molar-refractivity contribution in [3.05, 3.63) is 48.2 Å². The topological polar surface area (TPSA) is 12.9 Å². The predicted octanol–water partition coefficient (Wildman–Crippen LogP) is 3.86. The van der Waals surface area contributed by atoms with Gasteiger partial charge in [-0.2, -0.15) is 0 Å². The van der Waals surface area contributed by atoms with Crippen molar-refractivity contribution >= 4 is 17.7 Å². The van der Waals surface area contributed by atoms with Crippen molar-refractivity contribution in [3.8, 4) is 11.3 Å². The van der Waals surface area contributed by atoms with Gasteiger partial charge in [0.2, 0.25) is 0 Å². The molecule has 1 atom stereocenters. The van der Waals surface area contributed by atoms with Crippen molar-refractivity contribution in [1.82, 2.24) is 4.98 Å². The third-order valence-electron chi connectivity index (χ3n) is 3.12. The maximum atomic E-state index is 8.10. The van der Waals surface area contributed by atoms with Crippen LogP contribution < -0.4 is 4.40 Å². The number of pyridine rings is 1. The van der Waals surface area contributed by atoms with E-state index in [-0.39, 0.29) is 6.40 Å². The molecule has 1 heterocycles. The number of aryl methyl sites for hydroxylation is 1. The third kappa shape index (κ3) is 2.83. The van der Waals surface area contributed by atoms with Gasteiger partial charge < -0.3 is 0 Å². The minimum absolute atomic E-state index is 0.190. The van der Waals surface area contributed by atoms with E-state index in [1.54, 1.807) is 0 Å². The van der Waals surface area contributed by atoms with Gasteiger partial charge in [0, 0.05) is 0 Å². The van der Waals surface area contributed by atoms with E-state index in [2.05, 4.69) is 40.5 Å². The first-order chi connectivity index (χ1) is 8.89. The average Bonchev–Trinajstić information content (AvgIpc) is 2.38. The first-order valence-corrected chi connectivity index (χ1v) is 13.7. The summed E-state index contributed by atoms with van der Waals surface area (Å²) in [6.07, 6.45) is 1.83. The van der Waals surface area contributed by atoms with Gasteiger partial charge in [0.25, 0.3) is 0 Å². The summed E-state index contributed by atoms with van der Waals surface area (Å²) in [6, 6.07) is 12.3. The molecule has 94 valence electrons. The molecule has 0 fully saturated rings. The number of hydrogen-bond acceptors (Lipinski definition) is 1. The molecular weight excluding hydrogens is 279 g/mol. The van der Waals surface area contributed by atoms with E-state index in [1.807, 2.05) is 31.3 Å². The molecular formula is C16H21GeN. The summed E-state index contributed by atoms with van der Waals surface area (Å²) in [6.45, 7) is 1.95. The summed E-state index contributed by atoms with van der Waals surface area (Å²) in [7, 11) is 0. The SMILES string of the molecule is [2H]C(C)c1cc(-c2ccccc2)nc[c]1[Ge]([CH3])([CH3])[CH3]. The first-order valence-electron chi connectivity index (χ1n) is 6.95. The zero-order valence-corrected chi connectivity index (χ0v) is 13.7. The van der Waals surface area contributed by atoms with E-state index in [1.165, 1.54) is 4.40 Å². The van der Waals surface area contributed by atoms with Gasteiger partial charge in [-0.05, 0) is 0 Å². The molecule has 2 aromatic rings. The molecule has 1 aromatic carbocycles. The third-order valence-corrected chi connectivity index (χ3v) is 7.39. The standard InChI is InChI=1S/C16H21GeN/c1-5-13-11-16(14-9-7-6-8-10-14)18-12-15(13)17(2,3)4/h6-12H,5H2,1-4H3/i5D. The quantitative estimate of drug-likeness (QED) is 0.785. The van der Waals surface area contributed by atoms with Crippen LogP contribution in [0.5, 0.6) is 0 Å². The fourth-order valence-electron chi connectivity index (χ4n) is 2.10. The van der Waals surface area contributed by atoms with Crippen LogP contribution >= 0.6 is 0 Å². The van der Waals surface area contributed by atoms with E-state index in [0.717, 1.165) is 16.8 Å². The molecule has 0 spiro atoms. The molecule has 0 amide bonds. The Labute approximate surface area is 114 Å². The molecule has 0 saturated carbocycles. The van der Waals surface area contributed by atoms with Crippen LogP contribution in [0.1, 0.15) is 13.9 Å². The molecule has 0 aliphatic rings. The van der Waals surface area contributed by atoms with Crippen molar-refractivity contribution in [2.45, 2.75) is 30.6 Å². The second-order valence-corrected chi connectivity index (χ2v) is 16.1. The van der Waals surface area contributed by atoms with Crippen molar-refractivity contribution in [2.75, 3.05) is 0 Å². The van der Waals surface area contributed by atoms with Crippen LogP contribution in [-0.2, 0) is 6.40 Å². The van der Waals surface area contributed by atoms with Gasteiger partial charge in [-0.15, -0.1) is 0 Å². The Morgan fingerprint density at radius 2 is 1.83 bits per heavy atom. The summed E-state index contributed by atoms with van der Waals surface area (Å²) >= 11 is -1.96. The molecule has 2 rings (SSSR count). The Morgan fingerprint density at radius 3 is 2.39 bits per heavy atom. The monoisotopic (exact) mass is 302 g/mol. The van der Waals surface area contributed by atoms with E-state index < -0.39 is 13.3 Å². The van der Waals surface area contributed by atoms with Gasteiger partial charge in [0.15, 0.2) is 0 Å². The zero-order valence-electron chi connectivity index (χ0n) is 12.6. The van der Waals surface area contributed by atoms with Crippen molar-refractivity contribution in [3.63, 3.8) is 0 Å². The van der Waals surface area contributed by atoms with Crippen molar-refractivity contribution in [1.29, 1.82) is 0 Å². The molecule has 18 heavy (non-hydrogen) atoms. The van der Waals surface area contributed by atoms with E-state index in [0.29, 0.717) is 0 Å². The molecule has 0 bridgehead atoms. The van der Waals surface area contributed by atoms with Gasteiger partial charge in [-0.1, -0.05) is 0 Å². The van der Waals surface area contributed by atoms with E-state index in [4.69, 9.17) is 1.37 Å². The van der Waals surface area contributed by atoms with Crippen LogP contribution in [0.2, 0.25) is 17.3 Å². The fourth-order valence-corrected chi connectivity index (χ4v) is 5.32. The van der Waals surface area contributed by atoms with E-state index in [9.17, 15) is 0 Å². The van der Waals surface area contributed by atoms with Gasteiger partial charge in [-0.25, -0.2) is 0 Å². The summed E-state index contributed by atoms with van der Waals surface area (Å²) in [4.78, 5) is 4.62. The number of rotatable bonds is 3. The molecule has 2 heteroatoms. The molecule has 0 aliphatic carbocycles. The van der Waals surface area contributed by atoms with E-state index >= 15 is 0 Å². The molecule has 0 radical (unpaired) electrons. The predicted molar refractivity (Wildman–Crippen MR) is 82.0 cm³/mol. The Hall–Kier alpha value is -1.09. The summed E-state index contributed by atoms with van der Waals surface area (Å²) in [5.41, 5.74) is 3.25. The fraction of sp³-hybridized carbons (Fsp3) is 0.312. The second kappa shape index (κ2) is 5.27. The van der Waals surface area contributed by atoms with Crippen molar-refractivity contribution in [2.24, 2.45) is 0 Å². The normalized spacial score (nSPS) is 14.1. The summed E-state index contributed by atoms with van der Waals surface area (Å²) < 4.78 is 9.45. The summed E-state index contributed by atoms with van der Waals surface area (Å²) in [5, 5.41) is 0. The van der Waals surface area contributed by atoms with Crippen LogP contribution in [-0.4, -0.2) is 18.3 Å². The van der Waals surface area contributed by atoms with Gasteiger partial charge in [0.05, 0.1) is 0 Å². The van der Waals surface area contributed by atoms with Crippen LogP contribution in [0.15, 0.2) is 42.6 Å². The first kappa shape index (κ1) is 12.0. The molecule has 1 nitrogen and oxygen atoms in total. The number of benzene rings is 1. The Morgan fingerprint density at radius 1 is 1.17 bits per heavy atom. The van der Waals surface area contributed by atoms with Crippen LogP contribution in [0, 0.1) is 0 Å². The maximum absolute atomic E-state index is 8.10. The molecule has 0 aliphatic heterocycles.